The molecule has 16 heavy (non-hydrogen) atoms. The number of nitrogens with one attached hydrogen (secondary N) is 2. The first-order valence-corrected chi connectivity index (χ1v) is 5.53. The standard InChI is InChI=1S/C13H20N2O/c1-9-5-6-12(11(3)10(9)2)7-15-13(16)8-14-4/h5-6,14H,7-8H2,1-4H3,(H,15,16). The van der Waals surface area contributed by atoms with Crippen molar-refractivity contribution in [1.29, 1.82) is 0 Å². The Morgan fingerprint density at radius 2 is 1.88 bits per heavy atom. The summed E-state index contributed by atoms with van der Waals surface area (Å²) in [5, 5.41) is 5.71. The van der Waals surface area contributed by atoms with Gasteiger partial charge in [-0.1, -0.05) is 12.1 Å². The molecule has 0 fully saturated rings. The molecule has 0 saturated carbocycles. The molecule has 0 bridgehead atoms. The van der Waals surface area contributed by atoms with Gasteiger partial charge in [0.25, 0.3) is 0 Å². The van der Waals surface area contributed by atoms with Crippen molar-refractivity contribution in [3.8, 4) is 0 Å². The number of aryl methyl sites for hydroxylation is 1. The van der Waals surface area contributed by atoms with Crippen LogP contribution < -0.4 is 10.6 Å². The van der Waals surface area contributed by atoms with Gasteiger partial charge in [0.2, 0.25) is 5.91 Å². The van der Waals surface area contributed by atoms with Crippen LogP contribution in [0.15, 0.2) is 12.1 Å². The molecule has 0 unspecified atom stereocenters. The fraction of sp³-hybridized carbons (Fsp3) is 0.462. The number of amides is 1. The maximum Gasteiger partial charge on any atom is 0.234 e. The van der Waals surface area contributed by atoms with Gasteiger partial charge in [0.1, 0.15) is 0 Å². The van der Waals surface area contributed by atoms with Crippen LogP contribution in [0.3, 0.4) is 0 Å². The van der Waals surface area contributed by atoms with E-state index in [9.17, 15) is 4.79 Å². The number of benzene rings is 1. The Hall–Kier alpha value is -1.35. The summed E-state index contributed by atoms with van der Waals surface area (Å²) in [5.74, 6) is 0.0279. The van der Waals surface area contributed by atoms with E-state index in [1.807, 2.05) is 0 Å². The van der Waals surface area contributed by atoms with Crippen LogP contribution in [0.5, 0.6) is 0 Å². The number of carbonyl (C=O) groups is 1. The number of likely N-dealkylation sites (N-methyl/N-ethyl adjacent to an activating group) is 1. The fourth-order valence-electron chi connectivity index (χ4n) is 1.62. The van der Waals surface area contributed by atoms with Gasteiger partial charge in [0.15, 0.2) is 0 Å². The number of rotatable bonds is 4. The maximum absolute atomic E-state index is 11.3. The third-order valence-electron chi connectivity index (χ3n) is 2.98. The smallest absolute Gasteiger partial charge is 0.234 e. The average Bonchev–Trinajstić information content (AvgIpc) is 2.25. The van der Waals surface area contributed by atoms with Gasteiger partial charge >= 0.3 is 0 Å². The fourth-order valence-corrected chi connectivity index (χ4v) is 1.62. The molecular weight excluding hydrogens is 200 g/mol. The van der Waals surface area contributed by atoms with Crippen LogP contribution in [0, 0.1) is 20.8 Å². The lowest BCUT2D eigenvalue weighted by Gasteiger charge is -2.12. The first-order valence-electron chi connectivity index (χ1n) is 5.53. The minimum absolute atomic E-state index is 0.0279. The predicted octanol–water partition coefficient (Wildman–Crippen LogP) is 1.45. The second-order valence-corrected chi connectivity index (χ2v) is 4.10. The highest BCUT2D eigenvalue weighted by Gasteiger charge is 2.05. The minimum Gasteiger partial charge on any atom is -0.351 e. The summed E-state index contributed by atoms with van der Waals surface area (Å²) in [4.78, 5) is 11.3. The van der Waals surface area contributed by atoms with Crippen molar-refractivity contribution in [3.63, 3.8) is 0 Å². The molecule has 0 aliphatic carbocycles. The predicted molar refractivity (Wildman–Crippen MR) is 66.4 cm³/mol. The maximum atomic E-state index is 11.3. The lowest BCUT2D eigenvalue weighted by Crippen LogP contribution is -2.31. The van der Waals surface area contributed by atoms with E-state index in [1.165, 1.54) is 22.3 Å². The molecule has 3 heteroatoms. The van der Waals surface area contributed by atoms with Crippen molar-refractivity contribution in [1.82, 2.24) is 10.6 Å². The van der Waals surface area contributed by atoms with Gasteiger partial charge < -0.3 is 10.6 Å². The van der Waals surface area contributed by atoms with Crippen molar-refractivity contribution in [2.45, 2.75) is 27.3 Å². The third-order valence-corrected chi connectivity index (χ3v) is 2.98. The van der Waals surface area contributed by atoms with E-state index < -0.39 is 0 Å². The normalized spacial score (nSPS) is 10.2. The van der Waals surface area contributed by atoms with Gasteiger partial charge in [-0.05, 0) is 50.1 Å². The zero-order chi connectivity index (χ0) is 12.1. The average molecular weight is 220 g/mol. The Balaban J connectivity index is 2.68. The molecule has 1 amide bonds. The number of hydrogen-bond donors (Lipinski definition) is 2. The van der Waals surface area contributed by atoms with Gasteiger partial charge in [-0.3, -0.25) is 4.79 Å². The second kappa shape index (κ2) is 5.66. The first-order chi connectivity index (χ1) is 7.56. The SMILES string of the molecule is CNCC(=O)NCc1ccc(C)c(C)c1C. The molecule has 3 nitrogen and oxygen atoms in total. The summed E-state index contributed by atoms with van der Waals surface area (Å²) in [6.45, 7) is 7.29. The highest BCUT2D eigenvalue weighted by atomic mass is 16.1. The molecule has 0 atom stereocenters. The molecule has 0 aliphatic heterocycles. The van der Waals surface area contributed by atoms with Gasteiger partial charge in [-0.2, -0.15) is 0 Å². The molecular formula is C13H20N2O. The monoisotopic (exact) mass is 220 g/mol. The lowest BCUT2D eigenvalue weighted by atomic mass is 9.99. The van der Waals surface area contributed by atoms with Gasteiger partial charge in [0.05, 0.1) is 6.54 Å². The van der Waals surface area contributed by atoms with Crippen LogP contribution in [-0.2, 0) is 11.3 Å². The quantitative estimate of drug-likeness (QED) is 0.806. The van der Waals surface area contributed by atoms with Crippen molar-refractivity contribution in [2.24, 2.45) is 0 Å². The van der Waals surface area contributed by atoms with Crippen LogP contribution in [0.4, 0.5) is 0 Å². The Kier molecular flexibility index (Phi) is 4.50. The Labute approximate surface area is 97.2 Å². The van der Waals surface area contributed by atoms with E-state index in [2.05, 4.69) is 43.5 Å². The Morgan fingerprint density at radius 3 is 2.50 bits per heavy atom. The zero-order valence-electron chi connectivity index (χ0n) is 10.5. The van der Waals surface area contributed by atoms with E-state index in [-0.39, 0.29) is 5.91 Å². The Morgan fingerprint density at radius 1 is 1.19 bits per heavy atom. The summed E-state index contributed by atoms with van der Waals surface area (Å²) in [7, 11) is 1.76. The summed E-state index contributed by atoms with van der Waals surface area (Å²) < 4.78 is 0. The van der Waals surface area contributed by atoms with E-state index in [0.717, 1.165) is 0 Å². The molecule has 1 aromatic carbocycles. The summed E-state index contributed by atoms with van der Waals surface area (Å²) in [6, 6.07) is 4.18. The molecule has 0 spiro atoms. The summed E-state index contributed by atoms with van der Waals surface area (Å²) in [6.07, 6.45) is 0. The lowest BCUT2D eigenvalue weighted by molar-refractivity contribution is -0.120. The highest BCUT2D eigenvalue weighted by Crippen LogP contribution is 2.16. The van der Waals surface area contributed by atoms with Gasteiger partial charge in [-0.15, -0.1) is 0 Å². The molecule has 0 aromatic heterocycles. The first kappa shape index (κ1) is 12.7. The van der Waals surface area contributed by atoms with Crippen LogP contribution in [0.25, 0.3) is 0 Å². The third kappa shape index (κ3) is 3.07. The van der Waals surface area contributed by atoms with E-state index in [1.54, 1.807) is 7.05 Å². The van der Waals surface area contributed by atoms with E-state index in [0.29, 0.717) is 13.1 Å². The van der Waals surface area contributed by atoms with Crippen LogP contribution in [0.1, 0.15) is 22.3 Å². The number of carbonyl (C=O) groups excluding carboxylic acids is 1. The van der Waals surface area contributed by atoms with Crippen molar-refractivity contribution >= 4 is 5.91 Å². The minimum atomic E-state index is 0.0279. The highest BCUT2D eigenvalue weighted by molar-refractivity contribution is 5.77. The molecule has 0 heterocycles. The van der Waals surface area contributed by atoms with Crippen molar-refractivity contribution in [2.75, 3.05) is 13.6 Å². The Bertz CT molecular complexity index is 386. The van der Waals surface area contributed by atoms with Gasteiger partial charge in [-0.25, -0.2) is 0 Å². The molecule has 1 rings (SSSR count). The van der Waals surface area contributed by atoms with Crippen LogP contribution in [-0.4, -0.2) is 19.5 Å². The summed E-state index contributed by atoms with van der Waals surface area (Å²) >= 11 is 0. The molecule has 0 radical (unpaired) electrons. The van der Waals surface area contributed by atoms with Crippen LogP contribution in [0.2, 0.25) is 0 Å². The molecule has 88 valence electrons. The van der Waals surface area contributed by atoms with Crippen LogP contribution >= 0.6 is 0 Å². The van der Waals surface area contributed by atoms with E-state index >= 15 is 0 Å². The topological polar surface area (TPSA) is 41.1 Å². The molecule has 0 saturated heterocycles. The van der Waals surface area contributed by atoms with Gasteiger partial charge in [0, 0.05) is 6.54 Å². The molecule has 1 aromatic rings. The number of hydrogen-bond acceptors (Lipinski definition) is 2. The zero-order valence-corrected chi connectivity index (χ0v) is 10.5. The van der Waals surface area contributed by atoms with Crippen molar-refractivity contribution < 1.29 is 4.79 Å². The largest absolute Gasteiger partial charge is 0.351 e. The molecule has 0 aliphatic rings. The molecule has 2 N–H and O–H groups in total. The van der Waals surface area contributed by atoms with Crippen molar-refractivity contribution in [3.05, 3.63) is 34.4 Å². The van der Waals surface area contributed by atoms with E-state index in [4.69, 9.17) is 0 Å². The summed E-state index contributed by atoms with van der Waals surface area (Å²) in [5.41, 5.74) is 5.06. The second-order valence-electron chi connectivity index (χ2n) is 4.10.